The highest BCUT2D eigenvalue weighted by molar-refractivity contribution is 6.42. The predicted octanol–water partition coefficient (Wildman–Crippen LogP) is 5.18. The summed E-state index contributed by atoms with van der Waals surface area (Å²) in [6, 6.07) is 22.6. The number of nitrogens with zero attached hydrogens (tertiary/aromatic N) is 1. The Kier molecular flexibility index (Phi) is 6.16. The molecule has 0 spiro atoms. The Morgan fingerprint density at radius 2 is 1.48 bits per heavy atom. The third kappa shape index (κ3) is 4.68. The van der Waals surface area contributed by atoms with Gasteiger partial charge in [-0.1, -0.05) is 71.7 Å². The van der Waals surface area contributed by atoms with Crippen molar-refractivity contribution in [3.63, 3.8) is 0 Å². The van der Waals surface area contributed by atoms with Crippen LogP contribution in [0.15, 0.2) is 77.9 Å². The summed E-state index contributed by atoms with van der Waals surface area (Å²) >= 11 is 11.8. The maximum atomic E-state index is 12.2. The van der Waals surface area contributed by atoms with Crippen LogP contribution in [0.2, 0.25) is 10.0 Å². The number of hydrogen-bond acceptors (Lipinski definition) is 3. The molecule has 0 aromatic heterocycles. The van der Waals surface area contributed by atoms with E-state index in [1.165, 1.54) is 18.2 Å². The summed E-state index contributed by atoms with van der Waals surface area (Å²) in [5, 5.41) is 11.5. The summed E-state index contributed by atoms with van der Waals surface area (Å²) in [5.41, 5.74) is 3.68. The van der Waals surface area contributed by atoms with Crippen LogP contribution in [-0.2, 0) is 4.79 Å². The second-order valence-electron chi connectivity index (χ2n) is 6.84. The van der Waals surface area contributed by atoms with Crippen LogP contribution in [0, 0.1) is 0 Å². The van der Waals surface area contributed by atoms with Gasteiger partial charge in [0, 0.05) is 11.1 Å². The maximum Gasteiger partial charge on any atom is 0.259 e. The number of carbonyl (C=O) groups excluding carboxylic acids is 2. The van der Waals surface area contributed by atoms with E-state index in [1.54, 1.807) is 6.21 Å². The van der Waals surface area contributed by atoms with E-state index in [0.717, 1.165) is 27.1 Å². The van der Waals surface area contributed by atoms with Crippen LogP contribution >= 0.6 is 23.2 Å². The van der Waals surface area contributed by atoms with Gasteiger partial charge in [0.1, 0.15) is 0 Å². The van der Waals surface area contributed by atoms with E-state index in [9.17, 15) is 9.59 Å². The van der Waals surface area contributed by atoms with Gasteiger partial charge >= 0.3 is 0 Å². The standard InChI is InChI=1S/C24H17Cl2N3O2/c25-21-10-9-17(12-22(21)26)24(31)27-14-23(30)29-28-13-20-18-7-3-1-5-15(18)11-16-6-2-4-8-19(16)20/h1-13H,14H2,(H,27,31)(H,29,30)/b28-13-. The highest BCUT2D eigenvalue weighted by atomic mass is 35.5. The van der Waals surface area contributed by atoms with Crippen molar-refractivity contribution in [1.29, 1.82) is 0 Å². The minimum absolute atomic E-state index is 0.229. The summed E-state index contributed by atoms with van der Waals surface area (Å²) in [6.45, 7) is -0.229. The van der Waals surface area contributed by atoms with Crippen molar-refractivity contribution in [1.82, 2.24) is 10.7 Å². The van der Waals surface area contributed by atoms with Gasteiger partial charge in [-0.25, -0.2) is 5.43 Å². The van der Waals surface area contributed by atoms with Crippen molar-refractivity contribution < 1.29 is 9.59 Å². The Balaban J connectivity index is 1.46. The monoisotopic (exact) mass is 449 g/mol. The van der Waals surface area contributed by atoms with Crippen LogP contribution in [-0.4, -0.2) is 24.6 Å². The Labute approximate surface area is 188 Å². The lowest BCUT2D eigenvalue weighted by Gasteiger charge is -2.08. The van der Waals surface area contributed by atoms with Gasteiger partial charge in [-0.15, -0.1) is 0 Å². The van der Waals surface area contributed by atoms with E-state index in [-0.39, 0.29) is 11.6 Å². The first-order chi connectivity index (χ1) is 15.0. The molecule has 5 nitrogen and oxygen atoms in total. The zero-order chi connectivity index (χ0) is 21.8. The molecule has 2 N–H and O–H groups in total. The highest BCUT2D eigenvalue weighted by Gasteiger charge is 2.10. The van der Waals surface area contributed by atoms with Crippen LogP contribution in [0.1, 0.15) is 15.9 Å². The van der Waals surface area contributed by atoms with Gasteiger partial charge in [0.25, 0.3) is 11.8 Å². The number of hydrogen-bond donors (Lipinski definition) is 2. The molecule has 0 radical (unpaired) electrons. The lowest BCUT2D eigenvalue weighted by atomic mass is 9.97. The largest absolute Gasteiger partial charge is 0.343 e. The first-order valence-electron chi connectivity index (χ1n) is 9.48. The third-order valence-corrected chi connectivity index (χ3v) is 5.53. The number of hydrazone groups is 1. The summed E-state index contributed by atoms with van der Waals surface area (Å²) < 4.78 is 0. The molecular formula is C24H17Cl2N3O2. The number of fused-ring (bicyclic) bond motifs is 2. The fourth-order valence-corrected chi connectivity index (χ4v) is 3.59. The number of nitrogens with one attached hydrogen (secondary N) is 2. The number of benzene rings is 4. The molecule has 0 atom stereocenters. The molecule has 0 aliphatic rings. The number of rotatable bonds is 5. The van der Waals surface area contributed by atoms with Crippen molar-refractivity contribution in [2.45, 2.75) is 0 Å². The molecule has 7 heteroatoms. The molecule has 2 amide bonds. The van der Waals surface area contributed by atoms with Crippen molar-refractivity contribution in [2.75, 3.05) is 6.54 Å². The number of amides is 2. The van der Waals surface area contributed by atoms with Crippen molar-refractivity contribution in [2.24, 2.45) is 5.10 Å². The van der Waals surface area contributed by atoms with E-state index in [2.05, 4.69) is 21.9 Å². The Hall–Kier alpha value is -3.41. The quantitative estimate of drug-likeness (QED) is 0.250. The molecule has 4 aromatic rings. The second-order valence-corrected chi connectivity index (χ2v) is 7.65. The topological polar surface area (TPSA) is 70.6 Å². The highest BCUT2D eigenvalue weighted by Crippen LogP contribution is 2.27. The first kappa shape index (κ1) is 20.8. The van der Waals surface area contributed by atoms with Crippen molar-refractivity contribution >= 4 is 62.8 Å². The molecule has 31 heavy (non-hydrogen) atoms. The van der Waals surface area contributed by atoms with Crippen LogP contribution in [0.4, 0.5) is 0 Å². The summed E-state index contributed by atoms with van der Waals surface area (Å²) in [6.07, 6.45) is 1.63. The summed E-state index contributed by atoms with van der Waals surface area (Å²) in [4.78, 5) is 24.3. The van der Waals surface area contributed by atoms with Crippen LogP contribution in [0.5, 0.6) is 0 Å². The van der Waals surface area contributed by atoms with Gasteiger partial charge in [-0.3, -0.25) is 9.59 Å². The Bertz CT molecular complexity index is 1280. The average molecular weight is 450 g/mol. The third-order valence-electron chi connectivity index (χ3n) is 4.79. The molecule has 4 aromatic carbocycles. The molecule has 0 bridgehead atoms. The lowest BCUT2D eigenvalue weighted by Crippen LogP contribution is -2.34. The van der Waals surface area contributed by atoms with E-state index in [4.69, 9.17) is 23.2 Å². The van der Waals surface area contributed by atoms with Crippen LogP contribution in [0.3, 0.4) is 0 Å². The van der Waals surface area contributed by atoms with E-state index < -0.39 is 11.8 Å². The molecule has 0 aliphatic carbocycles. The molecular weight excluding hydrogens is 433 g/mol. The normalized spacial score (nSPS) is 11.2. The Morgan fingerprint density at radius 1 is 0.839 bits per heavy atom. The molecule has 0 unspecified atom stereocenters. The Morgan fingerprint density at radius 3 is 2.13 bits per heavy atom. The fraction of sp³-hybridized carbons (Fsp3) is 0.0417. The van der Waals surface area contributed by atoms with Gasteiger partial charge in [-0.2, -0.15) is 5.10 Å². The van der Waals surface area contributed by atoms with E-state index in [1.807, 2.05) is 48.5 Å². The summed E-state index contributed by atoms with van der Waals surface area (Å²) in [7, 11) is 0. The molecule has 0 fully saturated rings. The zero-order valence-electron chi connectivity index (χ0n) is 16.2. The molecule has 4 rings (SSSR count). The van der Waals surface area contributed by atoms with Gasteiger partial charge < -0.3 is 5.32 Å². The summed E-state index contributed by atoms with van der Waals surface area (Å²) in [5.74, 6) is -0.882. The van der Waals surface area contributed by atoms with Gasteiger partial charge in [-0.05, 0) is 45.8 Å². The first-order valence-corrected chi connectivity index (χ1v) is 10.2. The van der Waals surface area contributed by atoms with E-state index in [0.29, 0.717) is 10.6 Å². The van der Waals surface area contributed by atoms with Gasteiger partial charge in [0.2, 0.25) is 0 Å². The van der Waals surface area contributed by atoms with Crippen molar-refractivity contribution in [3.8, 4) is 0 Å². The molecule has 0 saturated carbocycles. The van der Waals surface area contributed by atoms with Crippen molar-refractivity contribution in [3.05, 3.63) is 94.0 Å². The van der Waals surface area contributed by atoms with Gasteiger partial charge in [0.15, 0.2) is 0 Å². The van der Waals surface area contributed by atoms with E-state index >= 15 is 0 Å². The fourth-order valence-electron chi connectivity index (χ4n) is 3.30. The zero-order valence-corrected chi connectivity index (χ0v) is 17.7. The van der Waals surface area contributed by atoms with Crippen LogP contribution < -0.4 is 10.7 Å². The molecule has 0 heterocycles. The maximum absolute atomic E-state index is 12.2. The second kappa shape index (κ2) is 9.16. The smallest absolute Gasteiger partial charge is 0.259 e. The minimum Gasteiger partial charge on any atom is -0.343 e. The number of carbonyl (C=O) groups is 2. The number of halogens is 2. The van der Waals surface area contributed by atoms with Gasteiger partial charge in [0.05, 0.1) is 22.8 Å². The minimum atomic E-state index is -0.450. The molecule has 154 valence electrons. The average Bonchev–Trinajstić information content (AvgIpc) is 2.78. The molecule has 0 saturated heterocycles. The molecule has 0 aliphatic heterocycles. The van der Waals surface area contributed by atoms with Crippen LogP contribution in [0.25, 0.3) is 21.5 Å². The lowest BCUT2D eigenvalue weighted by molar-refractivity contribution is -0.120. The SMILES string of the molecule is O=C(CNC(=O)c1ccc(Cl)c(Cl)c1)N/N=C\c1c2ccccc2cc2ccccc12. The predicted molar refractivity (Wildman–Crippen MR) is 126 cm³/mol.